The number of sulfone groups is 1. The Balaban J connectivity index is 1.87. The van der Waals surface area contributed by atoms with E-state index in [-0.39, 0.29) is 28.7 Å². The first-order chi connectivity index (χ1) is 11.3. The van der Waals surface area contributed by atoms with E-state index in [0.29, 0.717) is 6.42 Å². The molecule has 1 aromatic heterocycles. The number of thioether (sulfide) groups is 1. The largest absolute Gasteiger partial charge is 0.360 e. The summed E-state index contributed by atoms with van der Waals surface area (Å²) >= 11 is 2.80. The van der Waals surface area contributed by atoms with Crippen LogP contribution in [-0.4, -0.2) is 65.8 Å². The number of unbranched alkanes of at least 4 members (excludes halogenated alkanes) is 1. The van der Waals surface area contributed by atoms with Gasteiger partial charge >= 0.3 is 0 Å². The first-order valence-electron chi connectivity index (χ1n) is 8.03. The van der Waals surface area contributed by atoms with E-state index in [0.717, 1.165) is 28.9 Å². The van der Waals surface area contributed by atoms with E-state index in [2.05, 4.69) is 22.4 Å². The summed E-state index contributed by atoms with van der Waals surface area (Å²) in [4.78, 5) is 14.1. The highest BCUT2D eigenvalue weighted by molar-refractivity contribution is 8.02. The minimum atomic E-state index is -3.00. The molecule has 24 heavy (non-hydrogen) atoms. The molecule has 2 heterocycles. The fourth-order valence-electron chi connectivity index (χ4n) is 2.45. The van der Waals surface area contributed by atoms with Gasteiger partial charge in [-0.15, -0.1) is 10.2 Å². The number of aromatic nitrogens is 2. The molecule has 1 N–H and O–H groups in total. The third kappa shape index (κ3) is 5.32. The predicted octanol–water partition coefficient (Wildman–Crippen LogP) is 1.88. The normalized spacial score (nSPS) is 20.7. The average molecular weight is 393 g/mol. The lowest BCUT2D eigenvalue weighted by Gasteiger charge is -2.25. The Morgan fingerprint density at radius 3 is 2.88 bits per heavy atom. The molecule has 0 saturated carbocycles. The molecule has 136 valence electrons. The number of nitrogens with one attached hydrogen (secondary N) is 1. The molecule has 2 atom stereocenters. The third-order valence-corrected chi connectivity index (χ3v) is 7.75. The highest BCUT2D eigenvalue weighted by Crippen LogP contribution is 2.30. The summed E-state index contributed by atoms with van der Waals surface area (Å²) in [5.74, 6) is 0.162. The Bertz CT molecular complexity index is 662. The van der Waals surface area contributed by atoms with Crippen LogP contribution in [-0.2, 0) is 14.6 Å². The van der Waals surface area contributed by atoms with E-state index < -0.39 is 9.84 Å². The second kappa shape index (κ2) is 8.48. The van der Waals surface area contributed by atoms with Gasteiger partial charge in [0, 0.05) is 19.6 Å². The molecule has 2 rings (SSSR count). The van der Waals surface area contributed by atoms with Crippen molar-refractivity contribution < 1.29 is 13.2 Å². The molecule has 0 spiro atoms. The van der Waals surface area contributed by atoms with Gasteiger partial charge in [-0.2, -0.15) is 0 Å². The summed E-state index contributed by atoms with van der Waals surface area (Å²) in [5.41, 5.74) is 0. The van der Waals surface area contributed by atoms with Gasteiger partial charge in [0.25, 0.3) is 0 Å². The maximum absolute atomic E-state index is 12.5. The molecule has 1 fully saturated rings. The zero-order valence-corrected chi connectivity index (χ0v) is 16.6. The number of carbonyl (C=O) groups excluding carboxylic acids is 1. The van der Waals surface area contributed by atoms with Gasteiger partial charge in [0.05, 0.1) is 16.8 Å². The quantitative estimate of drug-likeness (QED) is 0.533. The molecule has 10 heteroatoms. The zero-order valence-electron chi connectivity index (χ0n) is 14.2. The minimum Gasteiger partial charge on any atom is -0.360 e. The van der Waals surface area contributed by atoms with Gasteiger partial charge in [0.15, 0.2) is 14.2 Å². The number of anilines is 1. The first-order valence-corrected chi connectivity index (χ1v) is 11.5. The topological polar surface area (TPSA) is 92.3 Å². The van der Waals surface area contributed by atoms with Crippen molar-refractivity contribution in [1.82, 2.24) is 15.1 Å². The van der Waals surface area contributed by atoms with E-state index in [9.17, 15) is 13.2 Å². The molecule has 1 saturated heterocycles. The summed E-state index contributed by atoms with van der Waals surface area (Å²) in [6, 6.07) is -0.216. The molecule has 0 aliphatic carbocycles. The van der Waals surface area contributed by atoms with Gasteiger partial charge in [-0.25, -0.2) is 8.42 Å². The van der Waals surface area contributed by atoms with Crippen LogP contribution >= 0.6 is 23.1 Å². The Kier molecular flexibility index (Phi) is 6.88. The lowest BCUT2D eigenvalue weighted by molar-refractivity contribution is -0.130. The smallest absolute Gasteiger partial charge is 0.235 e. The SMILES string of the molecule is CCCCNc1nnc(SC(C)C(=O)N(C)C2CCS(=O)(=O)C2)s1. The summed E-state index contributed by atoms with van der Waals surface area (Å²) in [5, 5.41) is 11.8. The van der Waals surface area contributed by atoms with Crippen molar-refractivity contribution in [3.8, 4) is 0 Å². The highest BCUT2D eigenvalue weighted by Gasteiger charge is 2.34. The van der Waals surface area contributed by atoms with E-state index >= 15 is 0 Å². The van der Waals surface area contributed by atoms with Crippen LogP contribution in [0.15, 0.2) is 4.34 Å². The summed E-state index contributed by atoms with van der Waals surface area (Å²) < 4.78 is 23.9. The zero-order chi connectivity index (χ0) is 17.7. The molecule has 0 radical (unpaired) electrons. The fraction of sp³-hybridized carbons (Fsp3) is 0.786. The first kappa shape index (κ1) is 19.5. The second-order valence-corrected chi connectivity index (χ2v) is 10.7. The Hall–Kier alpha value is -0.870. The van der Waals surface area contributed by atoms with Crippen LogP contribution in [0, 0.1) is 0 Å². The van der Waals surface area contributed by atoms with Gasteiger partial charge in [0.1, 0.15) is 0 Å². The van der Waals surface area contributed by atoms with Gasteiger partial charge in [0.2, 0.25) is 11.0 Å². The van der Waals surface area contributed by atoms with Crippen LogP contribution in [0.25, 0.3) is 0 Å². The van der Waals surface area contributed by atoms with Crippen LogP contribution in [0.3, 0.4) is 0 Å². The Morgan fingerprint density at radius 1 is 1.50 bits per heavy atom. The molecule has 0 bridgehead atoms. The second-order valence-electron chi connectivity index (χ2n) is 5.92. The summed E-state index contributed by atoms with van der Waals surface area (Å²) in [7, 11) is -1.31. The fourth-order valence-corrected chi connectivity index (χ4v) is 6.25. The van der Waals surface area contributed by atoms with Crippen molar-refractivity contribution in [1.29, 1.82) is 0 Å². The molecule has 1 amide bonds. The van der Waals surface area contributed by atoms with Gasteiger partial charge < -0.3 is 10.2 Å². The molecule has 1 aliphatic rings. The van der Waals surface area contributed by atoms with Crippen LogP contribution in [0.2, 0.25) is 0 Å². The standard InChI is InChI=1S/C14H24N4O3S3/c1-4-5-7-15-13-16-17-14(23-13)22-10(2)12(19)18(3)11-6-8-24(20,21)9-11/h10-11H,4-9H2,1-3H3,(H,15,16). The number of amides is 1. The lowest BCUT2D eigenvalue weighted by atomic mass is 10.2. The molecule has 7 nitrogen and oxygen atoms in total. The summed E-state index contributed by atoms with van der Waals surface area (Å²) in [6.45, 7) is 4.81. The third-order valence-electron chi connectivity index (χ3n) is 3.94. The lowest BCUT2D eigenvalue weighted by Crippen LogP contribution is -2.41. The van der Waals surface area contributed by atoms with Crippen LogP contribution < -0.4 is 5.32 Å². The summed E-state index contributed by atoms with van der Waals surface area (Å²) in [6.07, 6.45) is 2.71. The number of hydrogen-bond acceptors (Lipinski definition) is 8. The van der Waals surface area contributed by atoms with Gasteiger partial charge in [-0.1, -0.05) is 36.4 Å². The number of nitrogens with zero attached hydrogens (tertiary/aromatic N) is 3. The van der Waals surface area contributed by atoms with Crippen LogP contribution in [0.1, 0.15) is 33.1 Å². The Labute approximate surface area is 151 Å². The van der Waals surface area contributed by atoms with Crippen molar-refractivity contribution in [2.45, 2.75) is 48.7 Å². The molecule has 1 aromatic rings. The predicted molar refractivity (Wildman–Crippen MR) is 98.5 cm³/mol. The van der Waals surface area contributed by atoms with Crippen LogP contribution in [0.4, 0.5) is 5.13 Å². The van der Waals surface area contributed by atoms with Crippen molar-refractivity contribution in [2.75, 3.05) is 30.4 Å². The highest BCUT2D eigenvalue weighted by atomic mass is 32.2. The van der Waals surface area contributed by atoms with E-state index in [1.165, 1.54) is 23.1 Å². The maximum Gasteiger partial charge on any atom is 0.235 e. The molecule has 0 aromatic carbocycles. The average Bonchev–Trinajstić information content (AvgIpc) is 3.12. The van der Waals surface area contributed by atoms with Crippen molar-refractivity contribution in [3.05, 3.63) is 0 Å². The van der Waals surface area contributed by atoms with Gasteiger partial charge in [-0.05, 0) is 19.8 Å². The van der Waals surface area contributed by atoms with Gasteiger partial charge in [-0.3, -0.25) is 4.79 Å². The minimum absolute atomic E-state index is 0.0664. The number of hydrogen-bond donors (Lipinski definition) is 1. The monoisotopic (exact) mass is 392 g/mol. The van der Waals surface area contributed by atoms with E-state index in [4.69, 9.17) is 0 Å². The van der Waals surface area contributed by atoms with E-state index in [1.54, 1.807) is 11.9 Å². The Morgan fingerprint density at radius 2 is 2.25 bits per heavy atom. The molecule has 2 unspecified atom stereocenters. The molecular formula is C14H24N4O3S3. The van der Waals surface area contributed by atoms with Crippen molar-refractivity contribution >= 4 is 44.0 Å². The molecular weight excluding hydrogens is 368 g/mol. The van der Waals surface area contributed by atoms with Crippen molar-refractivity contribution in [3.63, 3.8) is 0 Å². The van der Waals surface area contributed by atoms with E-state index in [1.807, 2.05) is 6.92 Å². The number of rotatable bonds is 8. The van der Waals surface area contributed by atoms with Crippen molar-refractivity contribution in [2.24, 2.45) is 0 Å². The molecule has 1 aliphatic heterocycles. The van der Waals surface area contributed by atoms with Crippen LogP contribution in [0.5, 0.6) is 0 Å². The number of carbonyl (C=O) groups is 1. The maximum atomic E-state index is 12.5.